The van der Waals surface area contributed by atoms with E-state index in [-0.39, 0.29) is 24.3 Å². The number of carbonyl (C=O) groups excluding carboxylic acids is 3. The molecule has 28 heavy (non-hydrogen) atoms. The standard InChI is InChI=1S/C22H25N3O3/c1-15-7-4-8-16(2)21(15)23-19(26)14-24(3)22(28)17-9-5-10-18(13-17)25-12-6-11-20(25)27/h4-5,7-10,13H,6,11-12,14H2,1-3H3,(H,23,26). The van der Waals surface area contributed by atoms with Crippen LogP contribution in [0.2, 0.25) is 0 Å². The number of nitrogens with zero attached hydrogens (tertiary/aromatic N) is 2. The Morgan fingerprint density at radius 2 is 1.79 bits per heavy atom. The van der Waals surface area contributed by atoms with Crippen molar-refractivity contribution in [2.75, 3.05) is 30.4 Å². The van der Waals surface area contributed by atoms with Gasteiger partial charge in [0.25, 0.3) is 5.91 Å². The van der Waals surface area contributed by atoms with Gasteiger partial charge in [-0.05, 0) is 49.6 Å². The van der Waals surface area contributed by atoms with Crippen LogP contribution in [-0.4, -0.2) is 42.8 Å². The first-order valence-electron chi connectivity index (χ1n) is 9.39. The summed E-state index contributed by atoms with van der Waals surface area (Å²) in [7, 11) is 1.60. The normalized spacial score (nSPS) is 13.5. The van der Waals surface area contributed by atoms with Gasteiger partial charge in [0, 0.05) is 37.0 Å². The van der Waals surface area contributed by atoms with Crippen molar-refractivity contribution in [3.63, 3.8) is 0 Å². The van der Waals surface area contributed by atoms with Crippen LogP contribution in [0.15, 0.2) is 42.5 Å². The maximum atomic E-state index is 12.8. The first-order chi connectivity index (χ1) is 13.4. The van der Waals surface area contributed by atoms with Crippen LogP contribution in [0.3, 0.4) is 0 Å². The molecule has 1 saturated heterocycles. The maximum Gasteiger partial charge on any atom is 0.254 e. The molecule has 1 fully saturated rings. The lowest BCUT2D eigenvalue weighted by Crippen LogP contribution is -2.35. The van der Waals surface area contributed by atoms with Gasteiger partial charge in [0.15, 0.2) is 0 Å². The van der Waals surface area contributed by atoms with E-state index in [4.69, 9.17) is 0 Å². The average molecular weight is 379 g/mol. The summed E-state index contributed by atoms with van der Waals surface area (Å²) < 4.78 is 0. The zero-order chi connectivity index (χ0) is 20.3. The minimum absolute atomic E-state index is 0.0561. The molecule has 146 valence electrons. The predicted molar refractivity (Wildman–Crippen MR) is 110 cm³/mol. The fraction of sp³-hybridized carbons (Fsp3) is 0.318. The molecule has 0 spiro atoms. The lowest BCUT2D eigenvalue weighted by molar-refractivity contribution is -0.117. The quantitative estimate of drug-likeness (QED) is 0.868. The second kappa shape index (κ2) is 8.25. The molecule has 1 heterocycles. The number of benzene rings is 2. The second-order valence-corrected chi connectivity index (χ2v) is 7.18. The minimum atomic E-state index is -0.259. The maximum absolute atomic E-state index is 12.8. The van der Waals surface area contributed by atoms with E-state index in [2.05, 4.69) is 5.32 Å². The molecule has 1 N–H and O–H groups in total. The van der Waals surface area contributed by atoms with Gasteiger partial charge in [-0.15, -0.1) is 0 Å². The van der Waals surface area contributed by atoms with Gasteiger partial charge < -0.3 is 15.1 Å². The lowest BCUT2D eigenvalue weighted by Gasteiger charge is -2.20. The van der Waals surface area contributed by atoms with Gasteiger partial charge in [-0.1, -0.05) is 24.3 Å². The van der Waals surface area contributed by atoms with E-state index in [1.54, 1.807) is 30.1 Å². The molecule has 0 aliphatic carbocycles. The van der Waals surface area contributed by atoms with Crippen LogP contribution in [0.1, 0.15) is 34.3 Å². The molecule has 6 nitrogen and oxygen atoms in total. The molecule has 1 aliphatic rings. The molecule has 0 atom stereocenters. The molecule has 3 rings (SSSR count). The number of hydrogen-bond acceptors (Lipinski definition) is 3. The molecule has 6 heteroatoms. The summed E-state index contributed by atoms with van der Waals surface area (Å²) in [6, 6.07) is 12.8. The van der Waals surface area contributed by atoms with E-state index in [1.165, 1.54) is 4.90 Å². The molecule has 0 unspecified atom stereocenters. The zero-order valence-electron chi connectivity index (χ0n) is 16.5. The van der Waals surface area contributed by atoms with Crippen molar-refractivity contribution in [3.05, 3.63) is 59.2 Å². The Morgan fingerprint density at radius 1 is 1.11 bits per heavy atom. The Morgan fingerprint density at radius 3 is 2.43 bits per heavy atom. The number of hydrogen-bond donors (Lipinski definition) is 1. The van der Waals surface area contributed by atoms with Crippen LogP contribution in [0.5, 0.6) is 0 Å². The molecule has 1 aliphatic heterocycles. The number of aryl methyl sites for hydroxylation is 2. The van der Waals surface area contributed by atoms with Crippen molar-refractivity contribution >= 4 is 29.1 Å². The first-order valence-corrected chi connectivity index (χ1v) is 9.39. The van der Waals surface area contributed by atoms with Crippen molar-refractivity contribution < 1.29 is 14.4 Å². The first kappa shape index (κ1) is 19.6. The number of amides is 3. The van der Waals surface area contributed by atoms with Crippen molar-refractivity contribution in [2.45, 2.75) is 26.7 Å². The van der Waals surface area contributed by atoms with Crippen molar-refractivity contribution in [2.24, 2.45) is 0 Å². The van der Waals surface area contributed by atoms with E-state index in [9.17, 15) is 14.4 Å². The highest BCUT2D eigenvalue weighted by Crippen LogP contribution is 2.23. The summed E-state index contributed by atoms with van der Waals surface area (Å²) in [5.41, 5.74) is 3.92. The van der Waals surface area contributed by atoms with Crippen molar-refractivity contribution in [1.82, 2.24) is 4.90 Å². The van der Waals surface area contributed by atoms with Crippen LogP contribution < -0.4 is 10.2 Å². The SMILES string of the molecule is Cc1cccc(C)c1NC(=O)CN(C)C(=O)c1cccc(N2CCCC2=O)c1. The molecule has 2 aromatic carbocycles. The van der Waals surface area contributed by atoms with Crippen molar-refractivity contribution in [1.29, 1.82) is 0 Å². The van der Waals surface area contributed by atoms with Crippen LogP contribution in [-0.2, 0) is 9.59 Å². The van der Waals surface area contributed by atoms with E-state index >= 15 is 0 Å². The molecule has 0 saturated carbocycles. The third-order valence-electron chi connectivity index (χ3n) is 4.95. The molecular weight excluding hydrogens is 354 g/mol. The molecule has 2 aromatic rings. The van der Waals surface area contributed by atoms with Crippen LogP contribution in [0.4, 0.5) is 11.4 Å². The molecule has 0 radical (unpaired) electrons. The van der Waals surface area contributed by atoms with Gasteiger partial charge in [0.2, 0.25) is 11.8 Å². The molecule has 0 aromatic heterocycles. The van der Waals surface area contributed by atoms with Gasteiger partial charge in [0.05, 0.1) is 6.54 Å². The smallest absolute Gasteiger partial charge is 0.254 e. The van der Waals surface area contributed by atoms with E-state index < -0.39 is 0 Å². The highest BCUT2D eigenvalue weighted by Gasteiger charge is 2.23. The number of carbonyl (C=O) groups is 3. The Hall–Kier alpha value is -3.15. The van der Waals surface area contributed by atoms with Crippen molar-refractivity contribution in [3.8, 4) is 0 Å². The number of likely N-dealkylation sites (N-methyl/N-ethyl adjacent to an activating group) is 1. The number of para-hydroxylation sites is 1. The zero-order valence-corrected chi connectivity index (χ0v) is 16.5. The van der Waals surface area contributed by atoms with Crippen LogP contribution >= 0.6 is 0 Å². The third kappa shape index (κ3) is 4.22. The summed E-state index contributed by atoms with van der Waals surface area (Å²) in [4.78, 5) is 40.2. The van der Waals surface area contributed by atoms with Gasteiger partial charge in [-0.25, -0.2) is 0 Å². The summed E-state index contributed by atoms with van der Waals surface area (Å²) in [6.07, 6.45) is 1.37. The van der Waals surface area contributed by atoms with Gasteiger partial charge in [0.1, 0.15) is 0 Å². The van der Waals surface area contributed by atoms with E-state index in [0.29, 0.717) is 18.5 Å². The molecule has 0 bridgehead atoms. The fourth-order valence-electron chi connectivity index (χ4n) is 3.43. The Balaban J connectivity index is 1.67. The Kier molecular flexibility index (Phi) is 5.78. The van der Waals surface area contributed by atoms with Gasteiger partial charge >= 0.3 is 0 Å². The molecular formula is C22H25N3O3. The Bertz CT molecular complexity index is 903. The number of anilines is 2. The number of rotatable bonds is 5. The summed E-state index contributed by atoms with van der Waals surface area (Å²) in [5, 5.41) is 2.89. The van der Waals surface area contributed by atoms with Crippen LogP contribution in [0.25, 0.3) is 0 Å². The summed E-state index contributed by atoms with van der Waals surface area (Å²) in [5.74, 6) is -0.435. The van der Waals surface area contributed by atoms with E-state index in [0.717, 1.165) is 28.9 Å². The van der Waals surface area contributed by atoms with Gasteiger partial charge in [-0.3, -0.25) is 14.4 Å². The third-order valence-corrected chi connectivity index (χ3v) is 4.95. The highest BCUT2D eigenvalue weighted by atomic mass is 16.2. The lowest BCUT2D eigenvalue weighted by atomic mass is 10.1. The summed E-state index contributed by atoms with van der Waals surface area (Å²) >= 11 is 0. The monoisotopic (exact) mass is 379 g/mol. The summed E-state index contributed by atoms with van der Waals surface area (Å²) in [6.45, 7) is 4.48. The number of nitrogens with one attached hydrogen (secondary N) is 1. The molecule has 3 amide bonds. The topological polar surface area (TPSA) is 69.7 Å². The van der Waals surface area contributed by atoms with Gasteiger partial charge in [-0.2, -0.15) is 0 Å². The van der Waals surface area contributed by atoms with E-state index in [1.807, 2.05) is 38.1 Å². The largest absolute Gasteiger partial charge is 0.332 e. The highest BCUT2D eigenvalue weighted by molar-refractivity contribution is 6.01. The fourth-order valence-corrected chi connectivity index (χ4v) is 3.43. The predicted octanol–water partition coefficient (Wildman–Crippen LogP) is 3.14. The van der Waals surface area contributed by atoms with Crippen LogP contribution in [0, 0.1) is 13.8 Å². The Labute approximate surface area is 165 Å². The second-order valence-electron chi connectivity index (χ2n) is 7.18. The minimum Gasteiger partial charge on any atom is -0.332 e. The average Bonchev–Trinajstić information content (AvgIpc) is 3.10.